The maximum atomic E-state index is 12.9. The summed E-state index contributed by atoms with van der Waals surface area (Å²) in [7, 11) is 4.14. The van der Waals surface area contributed by atoms with Gasteiger partial charge in [0, 0.05) is 11.6 Å². The Balaban J connectivity index is 2.23. The van der Waals surface area contributed by atoms with Crippen molar-refractivity contribution in [3.63, 3.8) is 0 Å². The summed E-state index contributed by atoms with van der Waals surface area (Å²) in [6.45, 7) is 0. The highest BCUT2D eigenvalue weighted by atomic mass is 32.2. The zero-order chi connectivity index (χ0) is 22.9. The second kappa shape index (κ2) is 8.61. The first-order chi connectivity index (χ1) is 14.8. The number of primary amides is 1. The third-order valence-corrected chi connectivity index (χ3v) is 6.27. The van der Waals surface area contributed by atoms with E-state index in [9.17, 15) is 19.6 Å². The van der Waals surface area contributed by atoms with E-state index in [1.54, 1.807) is 18.2 Å². The number of carbonyl (C=O) groups excluding carboxylic acids is 3. The van der Waals surface area contributed by atoms with E-state index >= 15 is 0 Å². The van der Waals surface area contributed by atoms with E-state index in [1.165, 1.54) is 21.3 Å². The summed E-state index contributed by atoms with van der Waals surface area (Å²) in [4.78, 5) is 38.3. The average molecular weight is 444 g/mol. The molecule has 2 amide bonds. The summed E-state index contributed by atoms with van der Waals surface area (Å²) < 4.78 is 15.3. The summed E-state index contributed by atoms with van der Waals surface area (Å²) in [5, 5.41) is 9.18. The number of amides is 2. The third kappa shape index (κ3) is 3.66. The molecule has 4 N–H and O–H groups in total. The standard InChI is InChI=1S/C20H20N4O6S/c1-28-9-4-5-10(12(6-9)29-2)15-11(8-21)17(22)24-19(27)13(7-14(25)30-3)31-20(24)16(15)18(23)26/h4-6,13,15H,7,22H2,1-3H3,(H2,23,26)/t13-,15-/m1/s1. The highest BCUT2D eigenvalue weighted by Crippen LogP contribution is 2.51. The van der Waals surface area contributed by atoms with E-state index in [0.717, 1.165) is 16.7 Å². The molecule has 11 heteroatoms. The summed E-state index contributed by atoms with van der Waals surface area (Å²) >= 11 is 0.984. The number of thioether (sulfide) groups is 1. The summed E-state index contributed by atoms with van der Waals surface area (Å²) in [5.74, 6) is -2.20. The Kier molecular flexibility index (Phi) is 6.12. The van der Waals surface area contributed by atoms with Gasteiger partial charge in [-0.25, -0.2) is 0 Å². The van der Waals surface area contributed by atoms with Gasteiger partial charge < -0.3 is 25.7 Å². The van der Waals surface area contributed by atoms with Crippen LogP contribution < -0.4 is 20.9 Å². The minimum atomic E-state index is -0.966. The first-order valence-electron chi connectivity index (χ1n) is 9.02. The molecular weight excluding hydrogens is 424 g/mol. The van der Waals surface area contributed by atoms with Crippen molar-refractivity contribution in [1.29, 1.82) is 5.26 Å². The first-order valence-corrected chi connectivity index (χ1v) is 9.90. The number of nitriles is 1. The highest BCUT2D eigenvalue weighted by molar-refractivity contribution is 8.04. The number of nitrogens with zero attached hydrogens (tertiary/aromatic N) is 2. The number of fused-ring (bicyclic) bond motifs is 1. The Hall–Kier alpha value is -3.65. The van der Waals surface area contributed by atoms with Gasteiger partial charge in [0.05, 0.1) is 55.9 Å². The van der Waals surface area contributed by atoms with Gasteiger partial charge in [0.25, 0.3) is 0 Å². The summed E-state index contributed by atoms with van der Waals surface area (Å²) in [6.07, 6.45) is -0.224. The van der Waals surface area contributed by atoms with Gasteiger partial charge in [-0.3, -0.25) is 19.3 Å². The fourth-order valence-electron chi connectivity index (χ4n) is 3.53. The molecule has 0 unspecified atom stereocenters. The van der Waals surface area contributed by atoms with Gasteiger partial charge in [0.1, 0.15) is 22.6 Å². The predicted molar refractivity (Wildman–Crippen MR) is 110 cm³/mol. The number of benzene rings is 1. The van der Waals surface area contributed by atoms with Crippen LogP contribution in [0, 0.1) is 11.3 Å². The van der Waals surface area contributed by atoms with Crippen molar-refractivity contribution in [3.05, 3.63) is 45.8 Å². The monoisotopic (exact) mass is 444 g/mol. The molecule has 2 atom stereocenters. The van der Waals surface area contributed by atoms with Crippen LogP contribution in [-0.4, -0.2) is 49.3 Å². The molecule has 162 valence electrons. The molecule has 0 bridgehead atoms. The lowest BCUT2D eigenvalue weighted by atomic mass is 9.82. The Morgan fingerprint density at radius 3 is 2.52 bits per heavy atom. The summed E-state index contributed by atoms with van der Waals surface area (Å²) in [6, 6.07) is 6.88. The molecule has 2 aliphatic heterocycles. The SMILES string of the molecule is COC(=O)C[C@H]1SC2=C(C(N)=O)[C@H](c3ccc(OC)cc3OC)C(C#N)=C(N)N2C1=O. The van der Waals surface area contributed by atoms with E-state index in [2.05, 4.69) is 4.74 Å². The van der Waals surface area contributed by atoms with E-state index < -0.39 is 29.0 Å². The van der Waals surface area contributed by atoms with Gasteiger partial charge in [-0.2, -0.15) is 5.26 Å². The number of hydrogen-bond acceptors (Lipinski definition) is 9. The zero-order valence-corrected chi connectivity index (χ0v) is 17.8. The van der Waals surface area contributed by atoms with Crippen LogP contribution in [-0.2, 0) is 19.1 Å². The lowest BCUT2D eigenvalue weighted by Gasteiger charge is -2.32. The van der Waals surface area contributed by atoms with Crippen molar-refractivity contribution >= 4 is 29.5 Å². The van der Waals surface area contributed by atoms with Gasteiger partial charge in [-0.05, 0) is 6.07 Å². The fourth-order valence-corrected chi connectivity index (χ4v) is 4.87. The summed E-state index contributed by atoms with van der Waals surface area (Å²) in [5.41, 5.74) is 12.3. The number of nitrogens with two attached hydrogens (primary N) is 2. The van der Waals surface area contributed by atoms with E-state index in [-0.39, 0.29) is 28.4 Å². The molecule has 10 nitrogen and oxygen atoms in total. The number of methoxy groups -OCH3 is 3. The molecule has 0 radical (unpaired) electrons. The number of esters is 1. The Morgan fingerprint density at radius 2 is 1.97 bits per heavy atom. The molecule has 1 aromatic rings. The lowest BCUT2D eigenvalue weighted by Crippen LogP contribution is -2.39. The van der Waals surface area contributed by atoms with E-state index in [0.29, 0.717) is 17.1 Å². The predicted octanol–water partition coefficient (Wildman–Crippen LogP) is 0.699. The largest absolute Gasteiger partial charge is 0.497 e. The van der Waals surface area contributed by atoms with Gasteiger partial charge in [0.15, 0.2) is 0 Å². The molecule has 1 saturated heterocycles. The van der Waals surface area contributed by atoms with Gasteiger partial charge >= 0.3 is 5.97 Å². The number of carbonyl (C=O) groups is 3. The number of ether oxygens (including phenoxy) is 3. The van der Waals surface area contributed by atoms with Crippen LogP contribution in [0.4, 0.5) is 0 Å². The zero-order valence-electron chi connectivity index (χ0n) is 17.0. The van der Waals surface area contributed by atoms with Crippen LogP contribution >= 0.6 is 11.8 Å². The van der Waals surface area contributed by atoms with Crippen molar-refractivity contribution in [2.45, 2.75) is 17.6 Å². The minimum Gasteiger partial charge on any atom is -0.497 e. The fraction of sp³-hybridized carbons (Fsp3) is 0.300. The van der Waals surface area contributed by atoms with Crippen LogP contribution in [0.25, 0.3) is 0 Å². The quantitative estimate of drug-likeness (QED) is 0.602. The van der Waals surface area contributed by atoms with Crippen molar-refractivity contribution in [3.8, 4) is 17.6 Å². The van der Waals surface area contributed by atoms with Crippen LogP contribution in [0.1, 0.15) is 17.9 Å². The van der Waals surface area contributed by atoms with Crippen molar-refractivity contribution in [1.82, 2.24) is 4.90 Å². The first kappa shape index (κ1) is 22.0. The van der Waals surface area contributed by atoms with Crippen molar-refractivity contribution in [2.75, 3.05) is 21.3 Å². The molecule has 0 spiro atoms. The lowest BCUT2D eigenvalue weighted by molar-refractivity contribution is -0.142. The maximum Gasteiger partial charge on any atom is 0.307 e. The van der Waals surface area contributed by atoms with E-state index in [4.69, 9.17) is 20.9 Å². The Labute approximate surface area is 182 Å². The number of hydrogen-bond donors (Lipinski definition) is 2. The average Bonchev–Trinajstić information content (AvgIpc) is 3.08. The molecule has 0 aromatic heterocycles. The molecule has 2 aliphatic rings. The molecular formula is C20H20N4O6S. The van der Waals surface area contributed by atoms with E-state index in [1.807, 2.05) is 6.07 Å². The number of allylic oxidation sites excluding steroid dienone is 1. The Bertz CT molecular complexity index is 1070. The molecule has 1 fully saturated rings. The van der Waals surface area contributed by atoms with Crippen LogP contribution in [0.2, 0.25) is 0 Å². The van der Waals surface area contributed by atoms with Crippen molar-refractivity contribution in [2.24, 2.45) is 11.5 Å². The number of rotatable bonds is 6. The molecule has 1 aromatic carbocycles. The molecule has 3 rings (SSSR count). The second-order valence-corrected chi connectivity index (χ2v) is 7.79. The van der Waals surface area contributed by atoms with Crippen LogP contribution in [0.15, 0.2) is 40.2 Å². The topological polar surface area (TPSA) is 158 Å². The van der Waals surface area contributed by atoms with Gasteiger partial charge in [0.2, 0.25) is 11.8 Å². The molecule has 0 aliphatic carbocycles. The highest BCUT2D eigenvalue weighted by Gasteiger charge is 2.48. The third-order valence-electron chi connectivity index (χ3n) is 4.99. The molecule has 0 saturated carbocycles. The Morgan fingerprint density at radius 1 is 1.26 bits per heavy atom. The smallest absolute Gasteiger partial charge is 0.307 e. The second-order valence-electron chi connectivity index (χ2n) is 6.60. The maximum absolute atomic E-state index is 12.9. The molecule has 31 heavy (non-hydrogen) atoms. The normalized spacial score (nSPS) is 20.3. The molecule has 2 heterocycles. The van der Waals surface area contributed by atoms with Gasteiger partial charge in [-0.1, -0.05) is 17.8 Å². The van der Waals surface area contributed by atoms with Crippen LogP contribution in [0.3, 0.4) is 0 Å². The van der Waals surface area contributed by atoms with Crippen molar-refractivity contribution < 1.29 is 28.6 Å². The van der Waals surface area contributed by atoms with Gasteiger partial charge in [-0.15, -0.1) is 0 Å². The minimum absolute atomic E-state index is 0.0138. The van der Waals surface area contributed by atoms with Crippen LogP contribution in [0.5, 0.6) is 11.5 Å².